The number of aryl methyl sites for hydroxylation is 1. The molecule has 0 aliphatic heterocycles. The minimum atomic E-state index is -0.490. The summed E-state index contributed by atoms with van der Waals surface area (Å²) >= 11 is 0. The van der Waals surface area contributed by atoms with Gasteiger partial charge in [-0.05, 0) is 23.8 Å². The molecular weight excluding hydrogens is 382 g/mol. The van der Waals surface area contributed by atoms with E-state index >= 15 is 0 Å². The minimum absolute atomic E-state index is 0.236. The number of carbonyl (C=O) groups is 1. The van der Waals surface area contributed by atoms with Gasteiger partial charge in [0, 0.05) is 37.5 Å². The number of imidazole rings is 1. The fraction of sp³-hybridized carbons (Fsp3) is 0.217. The van der Waals surface area contributed by atoms with Crippen LogP contribution in [0.25, 0.3) is 11.0 Å². The van der Waals surface area contributed by atoms with Crippen LogP contribution in [0.4, 0.5) is 0 Å². The number of aromatic nitrogens is 2. The van der Waals surface area contributed by atoms with Gasteiger partial charge >= 0.3 is 0 Å². The fourth-order valence-electron chi connectivity index (χ4n) is 3.54. The maximum Gasteiger partial charge on any atom is 0.288 e. The normalized spacial score (nSPS) is 12.1. The first-order valence-corrected chi connectivity index (χ1v) is 9.53. The predicted molar refractivity (Wildman–Crippen MR) is 112 cm³/mol. The maximum atomic E-state index is 13.3. The Labute approximate surface area is 174 Å². The van der Waals surface area contributed by atoms with E-state index in [9.17, 15) is 4.79 Å². The molecule has 0 radical (unpaired) electrons. The zero-order valence-corrected chi connectivity index (χ0v) is 17.1. The van der Waals surface area contributed by atoms with E-state index in [2.05, 4.69) is 10.3 Å². The molecule has 4 rings (SSSR count). The van der Waals surface area contributed by atoms with Crippen molar-refractivity contribution in [3.8, 4) is 5.75 Å². The molecule has 0 saturated heterocycles. The predicted octanol–water partition coefficient (Wildman–Crippen LogP) is 3.84. The van der Waals surface area contributed by atoms with Crippen LogP contribution in [0.2, 0.25) is 0 Å². The Bertz CT molecular complexity index is 1180. The van der Waals surface area contributed by atoms with E-state index in [0.29, 0.717) is 17.2 Å². The molecule has 0 fully saturated rings. The van der Waals surface area contributed by atoms with Gasteiger partial charge < -0.3 is 23.8 Å². The average Bonchev–Trinajstić information content (AvgIpc) is 3.36. The molecule has 2 aromatic carbocycles. The van der Waals surface area contributed by atoms with Crippen LogP contribution < -0.4 is 10.1 Å². The Hall–Kier alpha value is -3.58. The summed E-state index contributed by atoms with van der Waals surface area (Å²) in [5.74, 6) is 1.29. The first-order chi connectivity index (χ1) is 14.6. The lowest BCUT2D eigenvalue weighted by atomic mass is 10.0. The Morgan fingerprint density at radius 2 is 2.03 bits per heavy atom. The van der Waals surface area contributed by atoms with E-state index in [4.69, 9.17) is 13.9 Å². The number of benzene rings is 2. The molecule has 154 valence electrons. The standard InChI is InChI=1S/C23H23N3O4/c1-26-12-11-24-22(26)20(15-7-6-8-16(13-15)29-3)25-23(27)21-18(14-28-2)17-9-4-5-10-19(17)30-21/h4-13,20H,14H2,1-3H3,(H,25,27). The van der Waals surface area contributed by atoms with Gasteiger partial charge in [0.2, 0.25) is 0 Å². The number of carbonyl (C=O) groups excluding carboxylic acids is 1. The van der Waals surface area contributed by atoms with E-state index in [1.54, 1.807) is 20.4 Å². The van der Waals surface area contributed by atoms with Gasteiger partial charge in [-0.15, -0.1) is 0 Å². The van der Waals surface area contributed by atoms with Gasteiger partial charge in [-0.1, -0.05) is 30.3 Å². The van der Waals surface area contributed by atoms with Gasteiger partial charge in [-0.25, -0.2) is 4.98 Å². The summed E-state index contributed by atoms with van der Waals surface area (Å²) in [7, 11) is 5.09. The molecule has 0 aliphatic carbocycles. The van der Waals surface area contributed by atoms with E-state index < -0.39 is 6.04 Å². The van der Waals surface area contributed by atoms with Gasteiger partial charge in [0.25, 0.3) is 5.91 Å². The van der Waals surface area contributed by atoms with Crippen LogP contribution in [0.3, 0.4) is 0 Å². The smallest absolute Gasteiger partial charge is 0.288 e. The van der Waals surface area contributed by atoms with Crippen LogP contribution in [-0.4, -0.2) is 29.7 Å². The second-order valence-electron chi connectivity index (χ2n) is 6.92. The first kappa shape index (κ1) is 19.7. The van der Waals surface area contributed by atoms with Crippen molar-refractivity contribution in [3.05, 3.63) is 83.6 Å². The highest BCUT2D eigenvalue weighted by atomic mass is 16.5. The topological polar surface area (TPSA) is 78.5 Å². The number of hydrogen-bond donors (Lipinski definition) is 1. The third-order valence-corrected chi connectivity index (χ3v) is 5.01. The second kappa shape index (κ2) is 8.42. The summed E-state index contributed by atoms with van der Waals surface area (Å²) in [5, 5.41) is 3.94. The zero-order chi connectivity index (χ0) is 21.1. The number of nitrogens with zero attached hydrogens (tertiary/aromatic N) is 2. The molecule has 0 spiro atoms. The maximum absolute atomic E-state index is 13.3. The number of amides is 1. The molecule has 2 heterocycles. The molecule has 1 amide bonds. The summed E-state index contributed by atoms with van der Waals surface area (Å²) < 4.78 is 18.5. The molecule has 7 nitrogen and oxygen atoms in total. The molecule has 0 saturated carbocycles. The fourth-order valence-corrected chi connectivity index (χ4v) is 3.54. The average molecular weight is 405 g/mol. The van der Waals surface area contributed by atoms with E-state index in [1.807, 2.05) is 66.3 Å². The molecule has 2 aromatic heterocycles. The van der Waals surface area contributed by atoms with Crippen LogP contribution in [-0.2, 0) is 18.4 Å². The van der Waals surface area contributed by atoms with Crippen molar-refractivity contribution < 1.29 is 18.7 Å². The third kappa shape index (κ3) is 3.67. The molecule has 1 atom stereocenters. The quantitative estimate of drug-likeness (QED) is 0.505. The lowest BCUT2D eigenvalue weighted by molar-refractivity contribution is 0.0908. The van der Waals surface area contributed by atoms with E-state index in [-0.39, 0.29) is 18.3 Å². The van der Waals surface area contributed by atoms with Crippen molar-refractivity contribution in [1.82, 2.24) is 14.9 Å². The van der Waals surface area contributed by atoms with Crippen molar-refractivity contribution in [2.75, 3.05) is 14.2 Å². The van der Waals surface area contributed by atoms with Crippen molar-refractivity contribution in [2.24, 2.45) is 7.05 Å². The highest BCUT2D eigenvalue weighted by Crippen LogP contribution is 2.29. The van der Waals surface area contributed by atoms with Gasteiger partial charge in [0.15, 0.2) is 5.76 Å². The Balaban J connectivity index is 1.75. The summed E-state index contributed by atoms with van der Waals surface area (Å²) in [6.07, 6.45) is 3.54. The lowest BCUT2D eigenvalue weighted by Crippen LogP contribution is -2.31. The molecular formula is C23H23N3O4. The van der Waals surface area contributed by atoms with Crippen molar-refractivity contribution in [1.29, 1.82) is 0 Å². The number of nitrogens with one attached hydrogen (secondary N) is 1. The summed E-state index contributed by atoms with van der Waals surface area (Å²) in [4.78, 5) is 17.8. The number of fused-ring (bicyclic) bond motifs is 1. The Morgan fingerprint density at radius 3 is 2.77 bits per heavy atom. The summed E-state index contributed by atoms with van der Waals surface area (Å²) in [6.45, 7) is 0.270. The number of furan rings is 1. The highest BCUT2D eigenvalue weighted by molar-refractivity contribution is 5.99. The van der Waals surface area contributed by atoms with Gasteiger partial charge in [-0.3, -0.25) is 4.79 Å². The van der Waals surface area contributed by atoms with Gasteiger partial charge in [0.1, 0.15) is 23.2 Å². The van der Waals surface area contributed by atoms with Crippen molar-refractivity contribution in [2.45, 2.75) is 12.6 Å². The number of ether oxygens (including phenoxy) is 2. The van der Waals surface area contributed by atoms with E-state index in [1.165, 1.54) is 0 Å². The third-order valence-electron chi connectivity index (χ3n) is 5.01. The first-order valence-electron chi connectivity index (χ1n) is 9.53. The monoisotopic (exact) mass is 405 g/mol. The molecule has 0 aliphatic rings. The molecule has 1 N–H and O–H groups in total. The lowest BCUT2D eigenvalue weighted by Gasteiger charge is -2.19. The number of rotatable bonds is 7. The van der Waals surface area contributed by atoms with Gasteiger partial charge in [-0.2, -0.15) is 0 Å². The molecule has 30 heavy (non-hydrogen) atoms. The Morgan fingerprint density at radius 1 is 1.20 bits per heavy atom. The Kier molecular flexibility index (Phi) is 5.54. The minimum Gasteiger partial charge on any atom is -0.497 e. The van der Waals surface area contributed by atoms with Gasteiger partial charge in [0.05, 0.1) is 13.7 Å². The molecule has 7 heteroatoms. The number of methoxy groups -OCH3 is 2. The number of hydrogen-bond acceptors (Lipinski definition) is 5. The largest absolute Gasteiger partial charge is 0.497 e. The van der Waals surface area contributed by atoms with Crippen LogP contribution in [0, 0.1) is 0 Å². The highest BCUT2D eigenvalue weighted by Gasteiger charge is 2.26. The molecule has 0 bridgehead atoms. The molecule has 1 unspecified atom stereocenters. The van der Waals surface area contributed by atoms with Crippen LogP contribution in [0.5, 0.6) is 5.75 Å². The van der Waals surface area contributed by atoms with Crippen LogP contribution in [0.1, 0.15) is 33.5 Å². The van der Waals surface area contributed by atoms with Crippen LogP contribution in [0.15, 0.2) is 65.3 Å². The summed E-state index contributed by atoms with van der Waals surface area (Å²) in [6, 6.07) is 14.6. The van der Waals surface area contributed by atoms with Crippen LogP contribution >= 0.6 is 0 Å². The second-order valence-corrected chi connectivity index (χ2v) is 6.92. The summed E-state index contributed by atoms with van der Waals surface area (Å²) in [5.41, 5.74) is 2.21. The van der Waals surface area contributed by atoms with E-state index in [0.717, 1.165) is 16.5 Å². The number of para-hydroxylation sites is 1. The molecule has 4 aromatic rings. The van der Waals surface area contributed by atoms with Crippen molar-refractivity contribution >= 4 is 16.9 Å². The zero-order valence-electron chi connectivity index (χ0n) is 17.1. The SMILES string of the molecule is COCc1c(C(=O)NC(c2cccc(OC)c2)c2nccn2C)oc2ccccc12. The van der Waals surface area contributed by atoms with Crippen molar-refractivity contribution in [3.63, 3.8) is 0 Å².